The van der Waals surface area contributed by atoms with Gasteiger partial charge in [0.15, 0.2) is 6.54 Å². The molecule has 0 unspecified atom stereocenters. The predicted molar refractivity (Wildman–Crippen MR) is 36.0 cm³/mol. The minimum absolute atomic E-state index is 0.486. The number of nitrogens with zero attached hydrogens (tertiary/aromatic N) is 1. The van der Waals surface area contributed by atoms with Crippen LogP contribution in [0.5, 0.6) is 0 Å². The molecule has 0 aliphatic heterocycles. The van der Waals surface area contributed by atoms with Crippen molar-refractivity contribution in [2.45, 2.75) is 19.8 Å². The third-order valence-corrected chi connectivity index (χ3v) is 1.02. The summed E-state index contributed by atoms with van der Waals surface area (Å²) in [5.41, 5.74) is 0. The van der Waals surface area contributed by atoms with E-state index in [4.69, 9.17) is 0 Å². The van der Waals surface area contributed by atoms with E-state index in [-0.39, 0.29) is 0 Å². The van der Waals surface area contributed by atoms with Gasteiger partial charge in [-0.1, -0.05) is 13.3 Å². The summed E-state index contributed by atoms with van der Waals surface area (Å²) in [6, 6.07) is 0. The SMILES string of the molecule is CCCC[N+]([O-])=C=S. The first-order valence-corrected chi connectivity index (χ1v) is 3.04. The molecule has 0 aromatic rings. The number of hydrogen-bond donors (Lipinski definition) is 0. The molecule has 0 saturated heterocycles. The van der Waals surface area contributed by atoms with E-state index in [1.807, 2.05) is 6.92 Å². The van der Waals surface area contributed by atoms with Crippen molar-refractivity contribution in [2.24, 2.45) is 0 Å². The maximum atomic E-state index is 10.3. The normalized spacial score (nSPS) is 8.12. The van der Waals surface area contributed by atoms with Crippen LogP contribution in [0, 0.1) is 5.21 Å². The fraction of sp³-hybridized carbons (Fsp3) is 0.800. The summed E-state index contributed by atoms with van der Waals surface area (Å²) in [7, 11) is 0. The third kappa shape index (κ3) is 3.78. The predicted octanol–water partition coefficient (Wildman–Crippen LogP) is 1.40. The summed E-state index contributed by atoms with van der Waals surface area (Å²) in [6.45, 7) is 2.51. The summed E-state index contributed by atoms with van der Waals surface area (Å²) in [6.07, 6.45) is 1.92. The summed E-state index contributed by atoms with van der Waals surface area (Å²) < 4.78 is 0.652. The molecule has 8 heavy (non-hydrogen) atoms. The minimum Gasteiger partial charge on any atom is -0.615 e. The van der Waals surface area contributed by atoms with Gasteiger partial charge >= 0.3 is 0 Å². The molecule has 0 spiro atoms. The lowest BCUT2D eigenvalue weighted by Gasteiger charge is -1.94. The van der Waals surface area contributed by atoms with E-state index in [0.29, 0.717) is 11.3 Å². The zero-order valence-electron chi connectivity index (χ0n) is 4.89. The van der Waals surface area contributed by atoms with E-state index in [2.05, 4.69) is 17.4 Å². The minimum atomic E-state index is 0.486. The van der Waals surface area contributed by atoms with Gasteiger partial charge in [-0.25, -0.2) is 0 Å². The molecule has 0 atom stereocenters. The molecule has 0 aliphatic carbocycles. The van der Waals surface area contributed by atoms with Gasteiger partial charge in [0.2, 0.25) is 0 Å². The van der Waals surface area contributed by atoms with Crippen molar-refractivity contribution < 1.29 is 4.74 Å². The molecule has 0 N–H and O–H groups in total. The first-order chi connectivity index (χ1) is 3.81. The Hall–Kier alpha value is -0.400. The van der Waals surface area contributed by atoms with Crippen molar-refractivity contribution in [1.29, 1.82) is 0 Å². The number of thiocarbonyl (C=S) groups is 1. The standard InChI is InChI=1S/C5H9NOS/c1-2-3-4-6(7)5-8/h2-4H2,1H3. The highest BCUT2D eigenvalue weighted by Gasteiger charge is 1.86. The fourth-order valence-electron chi connectivity index (χ4n) is 0.347. The van der Waals surface area contributed by atoms with E-state index in [1.165, 1.54) is 0 Å². The van der Waals surface area contributed by atoms with Gasteiger partial charge in [-0.15, -0.1) is 0 Å². The van der Waals surface area contributed by atoms with Crippen LogP contribution in [-0.2, 0) is 0 Å². The lowest BCUT2D eigenvalue weighted by atomic mass is 10.3. The molecular formula is C5H9NOS. The molecule has 0 amide bonds. The van der Waals surface area contributed by atoms with Gasteiger partial charge in [-0.05, 0) is 0 Å². The number of isothiocyanates is 1. The van der Waals surface area contributed by atoms with Crippen LogP contribution in [0.15, 0.2) is 0 Å². The Morgan fingerprint density at radius 1 is 1.75 bits per heavy atom. The molecule has 0 aromatic heterocycles. The van der Waals surface area contributed by atoms with Crippen LogP contribution in [0.2, 0.25) is 0 Å². The Bertz CT molecular complexity index is 107. The highest BCUT2D eigenvalue weighted by atomic mass is 32.1. The number of rotatable bonds is 3. The molecule has 0 aliphatic rings. The molecule has 0 aromatic carbocycles. The van der Waals surface area contributed by atoms with Crippen LogP contribution in [0.4, 0.5) is 0 Å². The van der Waals surface area contributed by atoms with Crippen LogP contribution < -0.4 is 0 Å². The lowest BCUT2D eigenvalue weighted by Crippen LogP contribution is -2.01. The second-order valence-corrected chi connectivity index (χ2v) is 1.73. The molecule has 0 saturated carbocycles. The van der Waals surface area contributed by atoms with E-state index >= 15 is 0 Å². The van der Waals surface area contributed by atoms with Gasteiger partial charge < -0.3 is 5.21 Å². The highest BCUT2D eigenvalue weighted by Crippen LogP contribution is 1.84. The Balaban J connectivity index is 3.26. The molecule has 0 radical (unpaired) electrons. The number of hydroxylamine groups is 1. The second-order valence-electron chi connectivity index (χ2n) is 1.55. The maximum absolute atomic E-state index is 10.3. The van der Waals surface area contributed by atoms with Crippen LogP contribution in [-0.4, -0.2) is 16.4 Å². The molecule has 0 fully saturated rings. The summed E-state index contributed by atoms with van der Waals surface area (Å²) in [5.74, 6) is 0. The average Bonchev–Trinajstić information content (AvgIpc) is 1.83. The van der Waals surface area contributed by atoms with Gasteiger partial charge in [-0.3, -0.25) is 0 Å². The fourth-order valence-corrected chi connectivity index (χ4v) is 0.439. The number of hydrogen-bond acceptors (Lipinski definition) is 2. The molecule has 3 heteroatoms. The van der Waals surface area contributed by atoms with E-state index in [9.17, 15) is 5.21 Å². The summed E-state index contributed by atoms with van der Waals surface area (Å²) in [5, 5.41) is 12.3. The smallest absolute Gasteiger partial charge is 0.261 e. The zero-order chi connectivity index (χ0) is 6.41. The van der Waals surface area contributed by atoms with Crippen molar-refractivity contribution in [3.05, 3.63) is 5.21 Å². The van der Waals surface area contributed by atoms with Crippen LogP contribution in [0.25, 0.3) is 0 Å². The molecule has 0 rings (SSSR count). The molecule has 0 heterocycles. The molecule has 2 nitrogen and oxygen atoms in total. The Morgan fingerprint density at radius 3 is 2.75 bits per heavy atom. The zero-order valence-corrected chi connectivity index (χ0v) is 5.70. The van der Waals surface area contributed by atoms with Gasteiger partial charge in [0.1, 0.15) is 0 Å². The Labute approximate surface area is 54.4 Å². The van der Waals surface area contributed by atoms with Crippen LogP contribution in [0.1, 0.15) is 19.8 Å². The van der Waals surface area contributed by atoms with E-state index < -0.39 is 0 Å². The van der Waals surface area contributed by atoms with E-state index in [1.54, 1.807) is 0 Å². The molecule has 46 valence electrons. The van der Waals surface area contributed by atoms with Crippen molar-refractivity contribution in [3.63, 3.8) is 0 Å². The highest BCUT2D eigenvalue weighted by molar-refractivity contribution is 7.78. The quantitative estimate of drug-likeness (QED) is 0.190. The second kappa shape index (κ2) is 4.75. The third-order valence-electron chi connectivity index (χ3n) is 0.817. The van der Waals surface area contributed by atoms with Crippen molar-refractivity contribution in [1.82, 2.24) is 0 Å². The molecule has 0 bridgehead atoms. The van der Waals surface area contributed by atoms with Gasteiger partial charge in [-0.2, -0.15) is 4.74 Å². The van der Waals surface area contributed by atoms with E-state index in [0.717, 1.165) is 12.8 Å². The summed E-state index contributed by atoms with van der Waals surface area (Å²) >= 11 is 4.25. The van der Waals surface area contributed by atoms with Crippen LogP contribution in [0.3, 0.4) is 0 Å². The molecular weight excluding hydrogens is 122 g/mol. The van der Waals surface area contributed by atoms with Gasteiger partial charge in [0.05, 0.1) is 0 Å². The van der Waals surface area contributed by atoms with Crippen molar-refractivity contribution in [2.75, 3.05) is 6.54 Å². The topological polar surface area (TPSA) is 26.1 Å². The largest absolute Gasteiger partial charge is 0.615 e. The average molecular weight is 131 g/mol. The summed E-state index contributed by atoms with van der Waals surface area (Å²) in [4.78, 5) is 0. The lowest BCUT2D eigenvalue weighted by molar-refractivity contribution is -0.449. The first-order valence-electron chi connectivity index (χ1n) is 2.63. The Kier molecular flexibility index (Phi) is 4.51. The Morgan fingerprint density at radius 2 is 2.38 bits per heavy atom. The monoisotopic (exact) mass is 131 g/mol. The van der Waals surface area contributed by atoms with Crippen molar-refractivity contribution >= 4 is 17.4 Å². The van der Waals surface area contributed by atoms with Crippen LogP contribution >= 0.6 is 12.2 Å². The van der Waals surface area contributed by atoms with Gasteiger partial charge in [0.25, 0.3) is 5.16 Å². The van der Waals surface area contributed by atoms with Gasteiger partial charge in [0, 0.05) is 18.6 Å². The number of unbranched alkanes of at least 4 members (excludes halogenated alkanes) is 1. The first kappa shape index (κ1) is 7.60. The maximum Gasteiger partial charge on any atom is 0.261 e. The van der Waals surface area contributed by atoms with Crippen molar-refractivity contribution in [3.8, 4) is 0 Å².